The van der Waals surface area contributed by atoms with Crippen LogP contribution in [0.5, 0.6) is 0 Å². The first-order valence-electron chi connectivity index (χ1n) is 10.7. The summed E-state index contributed by atoms with van der Waals surface area (Å²) in [6.45, 7) is 3.48. The molecule has 1 aromatic heterocycles. The van der Waals surface area contributed by atoms with Crippen LogP contribution in [0.25, 0.3) is 5.32 Å². The summed E-state index contributed by atoms with van der Waals surface area (Å²) in [6, 6.07) is 11.9. The van der Waals surface area contributed by atoms with Crippen LogP contribution in [0.3, 0.4) is 0 Å². The van der Waals surface area contributed by atoms with Crippen LogP contribution in [0.4, 0.5) is 4.39 Å². The van der Waals surface area contributed by atoms with E-state index in [0.717, 1.165) is 5.56 Å². The zero-order valence-corrected chi connectivity index (χ0v) is 20.2. The molecule has 0 aliphatic carbocycles. The van der Waals surface area contributed by atoms with Gasteiger partial charge in [0.25, 0.3) is 0 Å². The van der Waals surface area contributed by atoms with Crippen LogP contribution < -0.4 is 18.9 Å². The number of amides is 1. The number of rotatable bonds is 10. The van der Waals surface area contributed by atoms with Crippen LogP contribution in [0.15, 0.2) is 54.9 Å². The van der Waals surface area contributed by atoms with Crippen molar-refractivity contribution in [3.05, 3.63) is 99.6 Å². The van der Waals surface area contributed by atoms with Crippen LogP contribution in [-0.2, 0) is 13.1 Å². The molecular formula is C25H25FLiN4O5+. The summed E-state index contributed by atoms with van der Waals surface area (Å²) < 4.78 is 13.4. The number of aromatic carboxylic acids is 1. The number of aryl methyl sites for hydroxylation is 1. The molecule has 9 nitrogen and oxygen atoms in total. The largest absolute Gasteiger partial charge is 1.00 e. The van der Waals surface area contributed by atoms with Crippen molar-refractivity contribution in [2.24, 2.45) is 0 Å². The van der Waals surface area contributed by atoms with Gasteiger partial charge in [0.1, 0.15) is 18.1 Å². The number of carboxylic acids is 2. The minimum Gasteiger partial charge on any atom is -0.644 e. The number of carboxylic acid groups (broad SMARTS) is 2. The molecule has 0 saturated carbocycles. The average molecular weight is 487 g/mol. The molecule has 3 aromatic rings. The Balaban J connectivity index is 0.00000456. The SMILES string of the molecule is Cc1cc(C[N-]C(=O)c2cc(CN(CC(O)=[OH+])[C@@H](C)c3ccc(C(=O)O)cc3)ncn2)ccc1F.[Li+]. The molecule has 0 bridgehead atoms. The molecule has 2 aromatic carbocycles. The van der Waals surface area contributed by atoms with E-state index in [1.54, 1.807) is 36.1 Å². The van der Waals surface area contributed by atoms with Crippen molar-refractivity contribution in [2.45, 2.75) is 33.0 Å². The molecule has 36 heavy (non-hydrogen) atoms. The van der Waals surface area contributed by atoms with Gasteiger partial charge in [-0.05, 0) is 49.2 Å². The second-order valence-corrected chi connectivity index (χ2v) is 8.02. The fourth-order valence-corrected chi connectivity index (χ4v) is 3.48. The Bertz CT molecular complexity index is 1240. The summed E-state index contributed by atoms with van der Waals surface area (Å²) in [5.74, 6) is -2.73. The fraction of sp³-hybridized carbons (Fsp3) is 0.240. The smallest absolute Gasteiger partial charge is 0.644 e. The Hall–Kier alpha value is -3.58. The van der Waals surface area contributed by atoms with E-state index in [2.05, 4.69) is 15.3 Å². The predicted octanol–water partition coefficient (Wildman–Crippen LogP) is 0.964. The maximum Gasteiger partial charge on any atom is 1.00 e. The van der Waals surface area contributed by atoms with Gasteiger partial charge < -0.3 is 25.1 Å². The van der Waals surface area contributed by atoms with Gasteiger partial charge in [-0.25, -0.2) is 19.2 Å². The van der Waals surface area contributed by atoms with Crippen LogP contribution in [0, 0.1) is 12.7 Å². The van der Waals surface area contributed by atoms with Crippen molar-refractivity contribution in [1.29, 1.82) is 0 Å². The standard InChI is InChI=1S/C25H25FN4O5.Li/c1-15-9-17(3-8-21(15)26)11-27-24(33)22-10-20(28-14-29-22)12-30(13-23(31)32)16(2)18-4-6-19(7-5-18)25(34)35;/h3-10,14,16H,11-13H2,1-2H3,(H3,27,31,32,33,34,35);/q;+1/t16-;/m0./s1. The number of hydrogen-bond donors (Lipinski definition) is 2. The normalized spacial score (nSPS) is 11.4. The van der Waals surface area contributed by atoms with Crippen molar-refractivity contribution in [3.8, 4) is 0 Å². The molecular weight excluding hydrogens is 462 g/mol. The first-order valence-corrected chi connectivity index (χ1v) is 10.7. The second-order valence-electron chi connectivity index (χ2n) is 8.02. The maximum atomic E-state index is 13.4. The number of hydrogen-bond acceptors (Lipinski definition) is 5. The third-order valence-electron chi connectivity index (χ3n) is 5.47. The van der Waals surface area contributed by atoms with Crippen LogP contribution in [0.2, 0.25) is 0 Å². The molecule has 0 radical (unpaired) electrons. The van der Waals surface area contributed by atoms with Crippen molar-refractivity contribution >= 4 is 17.8 Å². The maximum absolute atomic E-state index is 13.4. The molecule has 0 aliphatic rings. The van der Waals surface area contributed by atoms with Crippen LogP contribution >= 0.6 is 0 Å². The Kier molecular flexibility index (Phi) is 10.3. The predicted molar refractivity (Wildman–Crippen MR) is 126 cm³/mol. The van der Waals surface area contributed by atoms with Gasteiger partial charge in [-0.3, -0.25) is 4.90 Å². The Labute approximate surface area is 219 Å². The van der Waals surface area contributed by atoms with Crippen molar-refractivity contribution in [3.63, 3.8) is 0 Å². The summed E-state index contributed by atoms with van der Waals surface area (Å²) in [6.07, 6.45) is 1.23. The number of aliphatic carboxylic acids is 1. The number of halogens is 1. The molecule has 1 heterocycles. The summed E-state index contributed by atoms with van der Waals surface area (Å²) >= 11 is 0. The second kappa shape index (κ2) is 12.9. The minimum absolute atomic E-state index is 0. The summed E-state index contributed by atoms with van der Waals surface area (Å²) in [4.78, 5) is 43.0. The quantitative estimate of drug-likeness (QED) is 0.321. The third kappa shape index (κ3) is 7.71. The number of aromatic nitrogens is 2. The molecule has 1 amide bonds. The Morgan fingerprint density at radius 3 is 2.42 bits per heavy atom. The van der Waals surface area contributed by atoms with Crippen molar-refractivity contribution in [1.82, 2.24) is 14.9 Å². The van der Waals surface area contributed by atoms with E-state index in [1.165, 1.54) is 30.6 Å². The molecule has 182 valence electrons. The number of benzene rings is 2. The molecule has 1 atom stereocenters. The van der Waals surface area contributed by atoms with Gasteiger partial charge in [0.15, 0.2) is 6.54 Å². The van der Waals surface area contributed by atoms with E-state index in [1.807, 2.05) is 6.92 Å². The molecule has 0 fully saturated rings. The first-order chi connectivity index (χ1) is 16.6. The van der Waals surface area contributed by atoms with Gasteiger partial charge in [0.05, 0.1) is 17.0 Å². The van der Waals surface area contributed by atoms with E-state index in [4.69, 9.17) is 5.11 Å². The van der Waals surface area contributed by atoms with Crippen molar-refractivity contribution < 1.29 is 47.8 Å². The number of aliphatic hydroxyl groups excluding tert-OH is 1. The van der Waals surface area contributed by atoms with Gasteiger partial charge in [-0.1, -0.05) is 29.8 Å². The van der Waals surface area contributed by atoms with Gasteiger partial charge in [-0.2, -0.15) is 0 Å². The Morgan fingerprint density at radius 1 is 1.11 bits per heavy atom. The van der Waals surface area contributed by atoms with Crippen LogP contribution in [-0.4, -0.2) is 54.3 Å². The summed E-state index contributed by atoms with van der Waals surface area (Å²) in [5.41, 5.74) is 2.57. The molecule has 0 aliphatic heterocycles. The molecule has 3 rings (SSSR count). The Morgan fingerprint density at radius 2 is 1.81 bits per heavy atom. The van der Waals surface area contributed by atoms with Gasteiger partial charge >= 0.3 is 30.8 Å². The molecule has 0 unspecified atom stereocenters. The first kappa shape index (κ1) is 28.7. The number of carbonyl (C=O) groups is 2. The van der Waals surface area contributed by atoms with Gasteiger partial charge in [-0.15, -0.1) is 6.54 Å². The minimum atomic E-state index is -1.04. The van der Waals surface area contributed by atoms with E-state index in [9.17, 15) is 23.9 Å². The molecule has 3 N–H and O–H groups in total. The molecule has 11 heteroatoms. The van der Waals surface area contributed by atoms with Gasteiger partial charge in [0.2, 0.25) is 0 Å². The molecule has 0 saturated heterocycles. The fourth-order valence-electron chi connectivity index (χ4n) is 3.48. The zero-order valence-electron chi connectivity index (χ0n) is 20.2. The third-order valence-corrected chi connectivity index (χ3v) is 5.47. The van der Waals surface area contributed by atoms with E-state index in [-0.39, 0.29) is 61.6 Å². The van der Waals surface area contributed by atoms with Gasteiger partial charge in [0, 0.05) is 12.6 Å². The average Bonchev–Trinajstić information content (AvgIpc) is 2.83. The van der Waals surface area contributed by atoms with Crippen molar-refractivity contribution in [2.75, 3.05) is 6.54 Å². The zero-order chi connectivity index (χ0) is 25.5. The van der Waals surface area contributed by atoms with E-state index < -0.39 is 17.8 Å². The topological polar surface area (TPSA) is 139 Å². The summed E-state index contributed by atoms with van der Waals surface area (Å²) in [7, 11) is 0. The number of nitrogens with zero attached hydrogens (tertiary/aromatic N) is 4. The summed E-state index contributed by atoms with van der Waals surface area (Å²) in [5, 5.41) is 22.6. The molecule has 0 spiro atoms. The monoisotopic (exact) mass is 487 g/mol. The number of carbonyl (C=O) groups excluding carboxylic acids is 1. The van der Waals surface area contributed by atoms with E-state index in [0.29, 0.717) is 16.8 Å². The van der Waals surface area contributed by atoms with Crippen LogP contribution in [0.1, 0.15) is 56.2 Å². The van der Waals surface area contributed by atoms with E-state index >= 15 is 0 Å².